The van der Waals surface area contributed by atoms with Crippen molar-refractivity contribution in [2.45, 2.75) is 26.8 Å². The molecule has 1 atom stereocenters. The third-order valence-electron chi connectivity index (χ3n) is 1.78. The standard InChI is InChI=1S/C7H12N2O.C2H6/c1-7(6-8)9-2-4-10-5-3-9;1-2/h7H,2-5H2,1H3;1-2H3. The summed E-state index contributed by atoms with van der Waals surface area (Å²) in [6.45, 7) is 9.26. The van der Waals surface area contributed by atoms with Gasteiger partial charge in [0.25, 0.3) is 0 Å². The highest BCUT2D eigenvalue weighted by atomic mass is 16.5. The number of hydrogen-bond acceptors (Lipinski definition) is 3. The second-order valence-corrected chi connectivity index (χ2v) is 2.45. The molecule has 0 N–H and O–H groups in total. The first-order valence-corrected chi connectivity index (χ1v) is 4.56. The van der Waals surface area contributed by atoms with Crippen LogP contribution in [0.25, 0.3) is 0 Å². The lowest BCUT2D eigenvalue weighted by Gasteiger charge is -2.28. The van der Waals surface area contributed by atoms with Gasteiger partial charge in [0.05, 0.1) is 25.3 Å². The Morgan fingerprint density at radius 3 is 2.25 bits per heavy atom. The van der Waals surface area contributed by atoms with Gasteiger partial charge in [0.2, 0.25) is 0 Å². The van der Waals surface area contributed by atoms with Crippen LogP contribution in [-0.4, -0.2) is 37.2 Å². The van der Waals surface area contributed by atoms with Crippen molar-refractivity contribution in [3.8, 4) is 6.07 Å². The van der Waals surface area contributed by atoms with Crippen LogP contribution in [-0.2, 0) is 4.74 Å². The van der Waals surface area contributed by atoms with Crippen molar-refractivity contribution in [2.75, 3.05) is 26.3 Å². The van der Waals surface area contributed by atoms with Gasteiger partial charge < -0.3 is 4.74 Å². The Morgan fingerprint density at radius 1 is 1.33 bits per heavy atom. The molecule has 1 fully saturated rings. The van der Waals surface area contributed by atoms with Gasteiger partial charge in [-0.3, -0.25) is 4.90 Å². The molecule has 3 nitrogen and oxygen atoms in total. The van der Waals surface area contributed by atoms with E-state index in [-0.39, 0.29) is 6.04 Å². The van der Waals surface area contributed by atoms with Gasteiger partial charge in [0.15, 0.2) is 0 Å². The number of hydrogen-bond donors (Lipinski definition) is 0. The number of nitrogens with zero attached hydrogens (tertiary/aromatic N) is 2. The fourth-order valence-electron chi connectivity index (χ4n) is 1.05. The van der Waals surface area contributed by atoms with Gasteiger partial charge in [0.1, 0.15) is 0 Å². The van der Waals surface area contributed by atoms with Crippen LogP contribution in [0.5, 0.6) is 0 Å². The summed E-state index contributed by atoms with van der Waals surface area (Å²) < 4.78 is 5.14. The van der Waals surface area contributed by atoms with Crippen LogP contribution >= 0.6 is 0 Å². The van der Waals surface area contributed by atoms with Crippen LogP contribution in [0.2, 0.25) is 0 Å². The monoisotopic (exact) mass is 170 g/mol. The first-order valence-electron chi connectivity index (χ1n) is 4.56. The first-order chi connectivity index (χ1) is 5.84. The molecule has 3 heteroatoms. The minimum absolute atomic E-state index is 0.0453. The zero-order chi connectivity index (χ0) is 9.40. The van der Waals surface area contributed by atoms with Gasteiger partial charge in [0, 0.05) is 13.1 Å². The Morgan fingerprint density at radius 2 is 1.83 bits per heavy atom. The van der Waals surface area contributed by atoms with Crippen molar-refractivity contribution in [2.24, 2.45) is 0 Å². The molecule has 0 bridgehead atoms. The normalized spacial score (nSPS) is 20.2. The highest BCUT2D eigenvalue weighted by Crippen LogP contribution is 2.01. The van der Waals surface area contributed by atoms with E-state index in [4.69, 9.17) is 10.00 Å². The number of morpholine rings is 1. The molecule has 0 amide bonds. The average Bonchev–Trinajstić information content (AvgIpc) is 2.21. The Balaban J connectivity index is 0.000000561. The minimum Gasteiger partial charge on any atom is -0.379 e. The van der Waals surface area contributed by atoms with E-state index < -0.39 is 0 Å². The lowest BCUT2D eigenvalue weighted by atomic mass is 10.3. The van der Waals surface area contributed by atoms with Gasteiger partial charge in [-0.05, 0) is 6.92 Å². The SMILES string of the molecule is CC.CC(C#N)N1CCOCC1. The van der Waals surface area contributed by atoms with Crippen LogP contribution < -0.4 is 0 Å². The number of nitriles is 1. The van der Waals surface area contributed by atoms with Crippen LogP contribution in [0, 0.1) is 11.3 Å². The molecule has 1 aliphatic heterocycles. The van der Waals surface area contributed by atoms with Gasteiger partial charge in [-0.1, -0.05) is 13.8 Å². The van der Waals surface area contributed by atoms with Crippen molar-refractivity contribution in [3.63, 3.8) is 0 Å². The zero-order valence-corrected chi connectivity index (χ0v) is 8.21. The molecule has 0 aromatic carbocycles. The summed E-state index contributed by atoms with van der Waals surface area (Å²) in [6, 6.07) is 2.25. The molecule has 1 saturated heterocycles. The molecule has 0 saturated carbocycles. The minimum atomic E-state index is 0.0453. The highest BCUT2D eigenvalue weighted by Gasteiger charge is 2.15. The molecule has 0 aromatic heterocycles. The Labute approximate surface area is 74.9 Å². The largest absolute Gasteiger partial charge is 0.379 e. The molecule has 1 rings (SSSR count). The second-order valence-electron chi connectivity index (χ2n) is 2.45. The van der Waals surface area contributed by atoms with Crippen LogP contribution in [0.4, 0.5) is 0 Å². The maximum atomic E-state index is 8.55. The number of ether oxygens (including phenoxy) is 1. The molecule has 1 heterocycles. The second kappa shape index (κ2) is 7.08. The van der Waals surface area contributed by atoms with Crippen LogP contribution in [0.1, 0.15) is 20.8 Å². The molecular formula is C9H18N2O. The van der Waals surface area contributed by atoms with Crippen molar-refractivity contribution in [1.82, 2.24) is 4.90 Å². The Bertz CT molecular complexity index is 136. The summed E-state index contributed by atoms with van der Waals surface area (Å²) in [5.74, 6) is 0. The molecule has 1 unspecified atom stereocenters. The van der Waals surface area contributed by atoms with Crippen LogP contribution in [0.15, 0.2) is 0 Å². The smallest absolute Gasteiger partial charge is 0.0950 e. The Kier molecular flexibility index (Phi) is 6.73. The fraction of sp³-hybridized carbons (Fsp3) is 0.889. The predicted molar refractivity (Wildman–Crippen MR) is 48.8 cm³/mol. The summed E-state index contributed by atoms with van der Waals surface area (Å²) in [7, 11) is 0. The van der Waals surface area contributed by atoms with Crippen molar-refractivity contribution in [1.29, 1.82) is 5.26 Å². The van der Waals surface area contributed by atoms with E-state index in [1.165, 1.54) is 0 Å². The topological polar surface area (TPSA) is 36.3 Å². The predicted octanol–water partition coefficient (Wildman–Crippen LogP) is 1.26. The molecule has 12 heavy (non-hydrogen) atoms. The summed E-state index contributed by atoms with van der Waals surface area (Å²) in [5.41, 5.74) is 0. The average molecular weight is 170 g/mol. The quantitative estimate of drug-likeness (QED) is 0.594. The lowest BCUT2D eigenvalue weighted by molar-refractivity contribution is 0.0299. The third-order valence-corrected chi connectivity index (χ3v) is 1.78. The van der Waals surface area contributed by atoms with E-state index in [1.54, 1.807) is 0 Å². The number of rotatable bonds is 1. The fourth-order valence-corrected chi connectivity index (χ4v) is 1.05. The van der Waals surface area contributed by atoms with E-state index in [2.05, 4.69) is 11.0 Å². The molecule has 0 radical (unpaired) electrons. The van der Waals surface area contributed by atoms with Crippen molar-refractivity contribution in [3.05, 3.63) is 0 Å². The van der Waals surface area contributed by atoms with Crippen molar-refractivity contribution < 1.29 is 4.74 Å². The summed E-state index contributed by atoms with van der Waals surface area (Å²) in [4.78, 5) is 2.13. The Hall–Kier alpha value is -0.590. The van der Waals surface area contributed by atoms with E-state index in [1.807, 2.05) is 20.8 Å². The first kappa shape index (κ1) is 11.4. The van der Waals surface area contributed by atoms with Gasteiger partial charge in [-0.25, -0.2) is 0 Å². The van der Waals surface area contributed by atoms with Gasteiger partial charge in [-0.2, -0.15) is 5.26 Å². The highest BCUT2D eigenvalue weighted by molar-refractivity contribution is 4.88. The molecule has 1 aliphatic rings. The maximum Gasteiger partial charge on any atom is 0.0950 e. The molecule has 0 aromatic rings. The van der Waals surface area contributed by atoms with Gasteiger partial charge >= 0.3 is 0 Å². The molecular weight excluding hydrogens is 152 g/mol. The van der Waals surface area contributed by atoms with Crippen LogP contribution in [0.3, 0.4) is 0 Å². The van der Waals surface area contributed by atoms with E-state index >= 15 is 0 Å². The molecule has 0 spiro atoms. The third kappa shape index (κ3) is 3.70. The van der Waals surface area contributed by atoms with E-state index in [0.29, 0.717) is 0 Å². The molecule has 0 aliphatic carbocycles. The van der Waals surface area contributed by atoms with Gasteiger partial charge in [-0.15, -0.1) is 0 Å². The molecule has 70 valence electrons. The van der Waals surface area contributed by atoms with Crippen molar-refractivity contribution >= 4 is 0 Å². The van der Waals surface area contributed by atoms with E-state index in [9.17, 15) is 0 Å². The maximum absolute atomic E-state index is 8.55. The summed E-state index contributed by atoms with van der Waals surface area (Å²) in [6.07, 6.45) is 0. The van der Waals surface area contributed by atoms with E-state index in [0.717, 1.165) is 26.3 Å². The zero-order valence-electron chi connectivity index (χ0n) is 8.21. The lowest BCUT2D eigenvalue weighted by Crippen LogP contribution is -2.41. The summed E-state index contributed by atoms with van der Waals surface area (Å²) in [5, 5.41) is 8.55. The summed E-state index contributed by atoms with van der Waals surface area (Å²) >= 11 is 0.